The summed E-state index contributed by atoms with van der Waals surface area (Å²) in [6.07, 6.45) is 0.612. The Kier molecular flexibility index (Phi) is 6.44. The van der Waals surface area contributed by atoms with Crippen molar-refractivity contribution in [3.05, 3.63) is 81.0 Å². The second kappa shape index (κ2) is 9.44. The number of hydrogen-bond acceptors (Lipinski definition) is 5. The standard InChI is InChI=1S/C25H26FN3O4/c1-4-32-22-13-17-10-11-28(15-18(17)14-23(22)33-5-2)25(31)24-21(30)12-16(3)29(27-24)20-9-7-6-8-19(20)26/h6-9,12-14H,4-5,10-11,15H2,1-3H3. The maximum atomic E-state index is 14.3. The molecule has 0 unspecified atom stereocenters. The highest BCUT2D eigenvalue weighted by molar-refractivity contribution is 5.92. The van der Waals surface area contributed by atoms with Crippen LogP contribution in [0.5, 0.6) is 11.5 Å². The van der Waals surface area contributed by atoms with Gasteiger partial charge in [-0.25, -0.2) is 9.07 Å². The molecule has 33 heavy (non-hydrogen) atoms. The summed E-state index contributed by atoms with van der Waals surface area (Å²) in [6.45, 7) is 7.22. The van der Waals surface area contributed by atoms with E-state index in [1.807, 2.05) is 26.0 Å². The minimum Gasteiger partial charge on any atom is -0.490 e. The maximum absolute atomic E-state index is 14.3. The summed E-state index contributed by atoms with van der Waals surface area (Å²) in [4.78, 5) is 27.5. The fraction of sp³-hybridized carbons (Fsp3) is 0.320. The van der Waals surface area contributed by atoms with E-state index in [9.17, 15) is 14.0 Å². The van der Waals surface area contributed by atoms with E-state index in [2.05, 4.69) is 5.10 Å². The van der Waals surface area contributed by atoms with Crippen LogP contribution in [0.1, 0.15) is 41.2 Å². The lowest BCUT2D eigenvalue weighted by molar-refractivity contribution is 0.0724. The van der Waals surface area contributed by atoms with Crippen LogP contribution in [0.4, 0.5) is 4.39 Å². The lowest BCUT2D eigenvalue weighted by Crippen LogP contribution is -2.39. The SMILES string of the molecule is CCOc1cc2c(cc1OCC)CN(C(=O)c1nn(-c3ccccc3F)c(C)cc1=O)CC2. The van der Waals surface area contributed by atoms with E-state index >= 15 is 0 Å². The topological polar surface area (TPSA) is 73.7 Å². The zero-order valence-electron chi connectivity index (χ0n) is 18.9. The van der Waals surface area contributed by atoms with Crippen LogP contribution >= 0.6 is 0 Å². The first-order chi connectivity index (χ1) is 15.9. The van der Waals surface area contributed by atoms with E-state index in [1.165, 1.54) is 16.8 Å². The molecule has 0 atom stereocenters. The van der Waals surface area contributed by atoms with Crippen LogP contribution in [0.2, 0.25) is 0 Å². The number of carbonyl (C=O) groups excluding carboxylic acids is 1. The molecule has 2 heterocycles. The van der Waals surface area contributed by atoms with E-state index in [-0.39, 0.29) is 11.4 Å². The van der Waals surface area contributed by atoms with Gasteiger partial charge in [0.1, 0.15) is 11.5 Å². The van der Waals surface area contributed by atoms with Crippen molar-refractivity contribution in [2.75, 3.05) is 19.8 Å². The lowest BCUT2D eigenvalue weighted by atomic mass is 9.98. The van der Waals surface area contributed by atoms with Crippen molar-refractivity contribution in [3.63, 3.8) is 0 Å². The molecule has 1 aliphatic heterocycles. The van der Waals surface area contributed by atoms with Gasteiger partial charge < -0.3 is 14.4 Å². The van der Waals surface area contributed by atoms with E-state index in [1.54, 1.807) is 30.0 Å². The van der Waals surface area contributed by atoms with E-state index in [0.29, 0.717) is 49.9 Å². The molecule has 3 aromatic rings. The van der Waals surface area contributed by atoms with Crippen LogP contribution in [0, 0.1) is 12.7 Å². The Balaban J connectivity index is 1.66. The van der Waals surface area contributed by atoms with Crippen molar-refractivity contribution < 1.29 is 18.7 Å². The van der Waals surface area contributed by atoms with Crippen LogP contribution in [0.15, 0.2) is 47.3 Å². The maximum Gasteiger partial charge on any atom is 0.278 e. The van der Waals surface area contributed by atoms with Crippen molar-refractivity contribution >= 4 is 5.91 Å². The molecule has 8 heteroatoms. The van der Waals surface area contributed by atoms with Crippen molar-refractivity contribution in [3.8, 4) is 17.2 Å². The molecule has 1 aliphatic rings. The number of nitrogens with zero attached hydrogens (tertiary/aromatic N) is 3. The molecule has 0 saturated carbocycles. The Bertz CT molecular complexity index is 1250. The van der Waals surface area contributed by atoms with E-state index in [4.69, 9.17) is 9.47 Å². The number of halogens is 1. The fourth-order valence-corrected chi connectivity index (χ4v) is 3.99. The molecule has 0 spiro atoms. The first-order valence-electron chi connectivity index (χ1n) is 11.0. The summed E-state index contributed by atoms with van der Waals surface area (Å²) >= 11 is 0. The molecule has 0 N–H and O–H groups in total. The van der Waals surface area contributed by atoms with Gasteiger partial charge in [-0.2, -0.15) is 5.10 Å². The number of amides is 1. The van der Waals surface area contributed by atoms with Crippen LogP contribution in [0.25, 0.3) is 5.69 Å². The van der Waals surface area contributed by atoms with Gasteiger partial charge in [-0.1, -0.05) is 12.1 Å². The third kappa shape index (κ3) is 4.46. The third-order valence-electron chi connectivity index (χ3n) is 5.56. The van der Waals surface area contributed by atoms with E-state index < -0.39 is 17.2 Å². The molecule has 7 nitrogen and oxygen atoms in total. The molecule has 1 amide bonds. The van der Waals surface area contributed by atoms with Crippen LogP contribution in [-0.4, -0.2) is 40.3 Å². The molecular weight excluding hydrogens is 425 g/mol. The van der Waals surface area contributed by atoms with Gasteiger partial charge in [-0.3, -0.25) is 9.59 Å². The lowest BCUT2D eigenvalue weighted by Gasteiger charge is -2.29. The minimum atomic E-state index is -0.490. The van der Waals surface area contributed by atoms with Gasteiger partial charge in [0.25, 0.3) is 5.91 Å². The normalized spacial score (nSPS) is 12.9. The van der Waals surface area contributed by atoms with Crippen LogP contribution < -0.4 is 14.9 Å². The Labute approximate surface area is 191 Å². The molecule has 0 saturated heterocycles. The Morgan fingerprint density at radius 3 is 2.39 bits per heavy atom. The van der Waals surface area contributed by atoms with Gasteiger partial charge in [0.05, 0.1) is 13.2 Å². The number of hydrogen-bond donors (Lipinski definition) is 0. The summed E-state index contributed by atoms with van der Waals surface area (Å²) < 4.78 is 27.1. The second-order valence-corrected chi connectivity index (χ2v) is 7.77. The van der Waals surface area contributed by atoms with Crippen LogP contribution in [0.3, 0.4) is 0 Å². The highest BCUT2D eigenvalue weighted by Gasteiger charge is 2.27. The Hall–Kier alpha value is -3.68. The fourth-order valence-electron chi connectivity index (χ4n) is 3.99. The molecule has 0 bridgehead atoms. The average Bonchev–Trinajstić information content (AvgIpc) is 2.80. The Morgan fingerprint density at radius 2 is 1.73 bits per heavy atom. The third-order valence-corrected chi connectivity index (χ3v) is 5.56. The number of para-hydroxylation sites is 1. The predicted molar refractivity (Wildman–Crippen MR) is 122 cm³/mol. The highest BCUT2D eigenvalue weighted by atomic mass is 19.1. The summed E-state index contributed by atoms with van der Waals surface area (Å²) in [6, 6.07) is 11.3. The molecular formula is C25H26FN3O4. The number of benzene rings is 2. The zero-order chi connectivity index (χ0) is 23.5. The number of aromatic nitrogens is 2. The van der Waals surface area contributed by atoms with Crippen molar-refractivity contribution in [2.45, 2.75) is 33.7 Å². The largest absolute Gasteiger partial charge is 0.490 e. The van der Waals surface area contributed by atoms with Gasteiger partial charge in [0.2, 0.25) is 5.43 Å². The first kappa shape index (κ1) is 22.5. The average molecular weight is 451 g/mol. The second-order valence-electron chi connectivity index (χ2n) is 7.77. The molecule has 1 aromatic heterocycles. The van der Waals surface area contributed by atoms with Gasteiger partial charge in [0.15, 0.2) is 17.2 Å². The highest BCUT2D eigenvalue weighted by Crippen LogP contribution is 2.34. The first-order valence-corrected chi connectivity index (χ1v) is 11.0. The quantitative estimate of drug-likeness (QED) is 0.572. The molecule has 0 fully saturated rings. The number of rotatable bonds is 6. The monoisotopic (exact) mass is 451 g/mol. The smallest absolute Gasteiger partial charge is 0.278 e. The van der Waals surface area contributed by atoms with Crippen LogP contribution in [-0.2, 0) is 13.0 Å². The van der Waals surface area contributed by atoms with Crippen molar-refractivity contribution in [1.82, 2.24) is 14.7 Å². The number of fused-ring (bicyclic) bond motifs is 1. The van der Waals surface area contributed by atoms with Gasteiger partial charge >= 0.3 is 0 Å². The van der Waals surface area contributed by atoms with Crippen molar-refractivity contribution in [1.29, 1.82) is 0 Å². The predicted octanol–water partition coefficient (Wildman–Crippen LogP) is 3.68. The summed E-state index contributed by atoms with van der Waals surface area (Å²) in [5.41, 5.74) is 1.91. The number of aryl methyl sites for hydroxylation is 1. The van der Waals surface area contributed by atoms with Gasteiger partial charge in [-0.05, 0) is 62.6 Å². The zero-order valence-corrected chi connectivity index (χ0v) is 18.9. The summed E-state index contributed by atoms with van der Waals surface area (Å²) in [5, 5.41) is 4.25. The Morgan fingerprint density at radius 1 is 1.06 bits per heavy atom. The summed E-state index contributed by atoms with van der Waals surface area (Å²) in [5.74, 6) is 0.340. The molecule has 0 radical (unpaired) electrons. The van der Waals surface area contributed by atoms with Crippen molar-refractivity contribution in [2.24, 2.45) is 0 Å². The summed E-state index contributed by atoms with van der Waals surface area (Å²) in [7, 11) is 0. The molecule has 0 aliphatic carbocycles. The van der Waals surface area contributed by atoms with E-state index in [0.717, 1.165) is 11.1 Å². The van der Waals surface area contributed by atoms with Gasteiger partial charge in [0, 0.05) is 24.8 Å². The minimum absolute atomic E-state index is 0.179. The number of ether oxygens (including phenoxy) is 2. The number of carbonyl (C=O) groups is 1. The molecule has 2 aromatic carbocycles. The molecule has 172 valence electrons. The van der Waals surface area contributed by atoms with Gasteiger partial charge in [-0.15, -0.1) is 0 Å². The molecule has 4 rings (SSSR count).